The second kappa shape index (κ2) is 6.55. The number of anilines is 1. The molecule has 0 aliphatic carbocycles. The Morgan fingerprint density at radius 3 is 2.91 bits per heavy atom. The van der Waals surface area contributed by atoms with E-state index >= 15 is 0 Å². The Balaban J connectivity index is 2.10. The fourth-order valence-corrected chi connectivity index (χ4v) is 3.24. The number of hydrogen-bond acceptors (Lipinski definition) is 2. The lowest BCUT2D eigenvalue weighted by molar-refractivity contribution is 0.727. The molecule has 118 valence electrons. The van der Waals surface area contributed by atoms with Crippen molar-refractivity contribution in [1.29, 1.82) is 0 Å². The molecule has 0 bridgehead atoms. The number of aromatic nitrogens is 2. The molecule has 0 fully saturated rings. The Morgan fingerprint density at radius 1 is 1.23 bits per heavy atom. The van der Waals surface area contributed by atoms with Crippen molar-refractivity contribution in [3.8, 4) is 5.69 Å². The Bertz CT molecular complexity index is 655. The average molecular weight is 297 g/mol. The van der Waals surface area contributed by atoms with Gasteiger partial charge in [-0.3, -0.25) is 0 Å². The minimum absolute atomic E-state index is 1.05. The second-order valence-corrected chi connectivity index (χ2v) is 6.46. The van der Waals surface area contributed by atoms with Gasteiger partial charge >= 0.3 is 0 Å². The summed E-state index contributed by atoms with van der Waals surface area (Å²) < 4.78 is 2.16. The van der Waals surface area contributed by atoms with Crippen molar-refractivity contribution >= 4 is 5.82 Å². The fraction of sp³-hybridized carbons (Fsp3) is 0.526. The molecule has 0 amide bonds. The summed E-state index contributed by atoms with van der Waals surface area (Å²) in [4.78, 5) is 0. The monoisotopic (exact) mass is 297 g/mol. The maximum absolute atomic E-state index is 5.00. The van der Waals surface area contributed by atoms with Crippen LogP contribution in [0.2, 0.25) is 0 Å². The highest BCUT2D eigenvalue weighted by Gasteiger charge is 2.20. The summed E-state index contributed by atoms with van der Waals surface area (Å²) in [7, 11) is 0. The van der Waals surface area contributed by atoms with Crippen molar-refractivity contribution < 1.29 is 0 Å². The van der Waals surface area contributed by atoms with Crippen molar-refractivity contribution in [3.63, 3.8) is 0 Å². The van der Waals surface area contributed by atoms with Crippen LogP contribution in [0.3, 0.4) is 0 Å². The molecule has 1 aromatic heterocycles. The van der Waals surface area contributed by atoms with Gasteiger partial charge in [0.2, 0.25) is 0 Å². The van der Waals surface area contributed by atoms with Gasteiger partial charge in [-0.2, -0.15) is 5.10 Å². The molecule has 0 atom stereocenters. The summed E-state index contributed by atoms with van der Waals surface area (Å²) in [5, 5.41) is 8.63. The highest BCUT2D eigenvalue weighted by atomic mass is 15.3. The van der Waals surface area contributed by atoms with E-state index in [9.17, 15) is 0 Å². The predicted octanol–water partition coefficient (Wildman–Crippen LogP) is 4.58. The molecule has 0 radical (unpaired) electrons. The molecule has 0 unspecified atom stereocenters. The first-order valence-corrected chi connectivity index (χ1v) is 8.63. The Morgan fingerprint density at radius 2 is 2.09 bits per heavy atom. The highest BCUT2D eigenvalue weighted by molar-refractivity contribution is 5.56. The smallest absolute Gasteiger partial charge is 0.133 e. The Hall–Kier alpha value is -1.77. The summed E-state index contributed by atoms with van der Waals surface area (Å²) in [5.41, 5.74) is 6.53. The third kappa shape index (κ3) is 2.90. The average Bonchev–Trinajstić information content (AvgIpc) is 2.70. The number of fused-ring (bicyclic) bond motifs is 1. The maximum Gasteiger partial charge on any atom is 0.133 e. The van der Waals surface area contributed by atoms with Crippen molar-refractivity contribution in [1.82, 2.24) is 9.78 Å². The minimum Gasteiger partial charge on any atom is -0.370 e. The molecule has 0 saturated heterocycles. The van der Waals surface area contributed by atoms with Gasteiger partial charge in [0.25, 0.3) is 0 Å². The first-order chi connectivity index (χ1) is 10.7. The molecule has 1 N–H and O–H groups in total. The lowest BCUT2D eigenvalue weighted by atomic mass is 10.1. The number of rotatable bonds is 4. The molecule has 3 nitrogen and oxygen atoms in total. The van der Waals surface area contributed by atoms with E-state index in [4.69, 9.17) is 5.10 Å². The number of nitrogens with zero attached hydrogens (tertiary/aromatic N) is 2. The molecular formula is C19H27N3. The van der Waals surface area contributed by atoms with Crippen LogP contribution in [-0.4, -0.2) is 16.3 Å². The minimum atomic E-state index is 1.05. The highest BCUT2D eigenvalue weighted by Crippen LogP contribution is 2.30. The molecule has 3 heteroatoms. The van der Waals surface area contributed by atoms with Gasteiger partial charge in [-0.15, -0.1) is 0 Å². The fourth-order valence-electron chi connectivity index (χ4n) is 3.24. The standard InChI is InChI=1S/C19H27N3/c1-4-5-9-17-16-8-6-7-12-20-19(16)22(21-17)18-13-14(2)10-11-15(18)3/h10-11,13,20H,4-9,12H2,1-3H3. The molecule has 0 saturated carbocycles. The lowest BCUT2D eigenvalue weighted by Gasteiger charge is -2.12. The molecular weight excluding hydrogens is 270 g/mol. The van der Waals surface area contributed by atoms with Crippen molar-refractivity contribution in [2.24, 2.45) is 0 Å². The Kier molecular flexibility index (Phi) is 4.51. The number of aryl methyl sites for hydroxylation is 3. The zero-order chi connectivity index (χ0) is 15.5. The van der Waals surface area contributed by atoms with E-state index < -0.39 is 0 Å². The molecule has 0 spiro atoms. The van der Waals surface area contributed by atoms with Gasteiger partial charge in [0.05, 0.1) is 11.4 Å². The van der Waals surface area contributed by atoms with Gasteiger partial charge in [0, 0.05) is 12.1 Å². The van der Waals surface area contributed by atoms with Crippen LogP contribution in [0.1, 0.15) is 55.0 Å². The van der Waals surface area contributed by atoms with Gasteiger partial charge in [0.1, 0.15) is 5.82 Å². The van der Waals surface area contributed by atoms with Crippen LogP contribution in [0.15, 0.2) is 18.2 Å². The van der Waals surface area contributed by atoms with Crippen LogP contribution < -0.4 is 5.32 Å². The molecule has 2 heterocycles. The molecule has 2 aromatic rings. The van der Waals surface area contributed by atoms with Gasteiger partial charge in [-0.1, -0.05) is 25.5 Å². The SMILES string of the molecule is CCCCc1nn(-c2cc(C)ccc2C)c2c1CCCCN2. The summed E-state index contributed by atoms with van der Waals surface area (Å²) in [6.45, 7) is 7.62. The van der Waals surface area contributed by atoms with E-state index in [1.807, 2.05) is 0 Å². The largest absolute Gasteiger partial charge is 0.370 e. The van der Waals surface area contributed by atoms with Crippen molar-refractivity contribution in [2.45, 2.75) is 59.3 Å². The van der Waals surface area contributed by atoms with Gasteiger partial charge in [-0.05, 0) is 63.1 Å². The van der Waals surface area contributed by atoms with Crippen molar-refractivity contribution in [3.05, 3.63) is 40.6 Å². The van der Waals surface area contributed by atoms with Crippen LogP contribution in [0, 0.1) is 13.8 Å². The molecule has 1 aromatic carbocycles. The third-order valence-electron chi connectivity index (χ3n) is 4.57. The van der Waals surface area contributed by atoms with Crippen LogP contribution in [0.4, 0.5) is 5.82 Å². The quantitative estimate of drug-likeness (QED) is 0.895. The number of benzene rings is 1. The van der Waals surface area contributed by atoms with E-state index in [0.29, 0.717) is 0 Å². The van der Waals surface area contributed by atoms with Crippen LogP contribution in [-0.2, 0) is 12.8 Å². The van der Waals surface area contributed by atoms with Crippen LogP contribution in [0.25, 0.3) is 5.69 Å². The van der Waals surface area contributed by atoms with Crippen molar-refractivity contribution in [2.75, 3.05) is 11.9 Å². The topological polar surface area (TPSA) is 29.9 Å². The maximum atomic E-state index is 5.00. The van der Waals surface area contributed by atoms with Crippen LogP contribution in [0.5, 0.6) is 0 Å². The van der Waals surface area contributed by atoms with Gasteiger partial charge in [-0.25, -0.2) is 4.68 Å². The third-order valence-corrected chi connectivity index (χ3v) is 4.57. The molecule has 1 aliphatic heterocycles. The Labute approximate surface area is 133 Å². The van der Waals surface area contributed by atoms with E-state index in [2.05, 4.69) is 49.0 Å². The zero-order valence-corrected chi connectivity index (χ0v) is 14.1. The summed E-state index contributed by atoms with van der Waals surface area (Å²) in [6, 6.07) is 6.62. The summed E-state index contributed by atoms with van der Waals surface area (Å²) >= 11 is 0. The molecule has 22 heavy (non-hydrogen) atoms. The molecule has 1 aliphatic rings. The second-order valence-electron chi connectivity index (χ2n) is 6.46. The lowest BCUT2D eigenvalue weighted by Crippen LogP contribution is -2.08. The summed E-state index contributed by atoms with van der Waals surface area (Å²) in [6.07, 6.45) is 7.20. The summed E-state index contributed by atoms with van der Waals surface area (Å²) in [5.74, 6) is 1.23. The first kappa shape index (κ1) is 15.1. The number of hydrogen-bond donors (Lipinski definition) is 1. The van der Waals surface area contributed by atoms with E-state index in [0.717, 1.165) is 19.4 Å². The van der Waals surface area contributed by atoms with Gasteiger partial charge in [0.15, 0.2) is 0 Å². The van der Waals surface area contributed by atoms with Gasteiger partial charge < -0.3 is 5.32 Å². The van der Waals surface area contributed by atoms with E-state index in [1.54, 1.807) is 0 Å². The zero-order valence-electron chi connectivity index (χ0n) is 14.1. The van der Waals surface area contributed by atoms with E-state index in [1.165, 1.54) is 59.6 Å². The molecule has 3 rings (SSSR count). The van der Waals surface area contributed by atoms with Crippen LogP contribution >= 0.6 is 0 Å². The number of unbranched alkanes of at least 4 members (excludes halogenated alkanes) is 1. The first-order valence-electron chi connectivity index (χ1n) is 8.63. The number of nitrogens with one attached hydrogen (secondary N) is 1. The van der Waals surface area contributed by atoms with E-state index in [-0.39, 0.29) is 0 Å². The normalized spacial score (nSPS) is 14.3. The predicted molar refractivity (Wildman–Crippen MR) is 93.1 cm³/mol.